The Morgan fingerprint density at radius 1 is 1.35 bits per heavy atom. The summed E-state index contributed by atoms with van der Waals surface area (Å²) in [4.78, 5) is 33.6. The molecular formula is C15H20N4O2S2. The lowest BCUT2D eigenvalue weighted by Gasteiger charge is -2.34. The third kappa shape index (κ3) is 3.94. The molecule has 1 aliphatic rings. The second-order valence-electron chi connectivity index (χ2n) is 5.45. The Morgan fingerprint density at radius 2 is 2.13 bits per heavy atom. The Labute approximate surface area is 143 Å². The van der Waals surface area contributed by atoms with Crippen molar-refractivity contribution in [3.8, 4) is 0 Å². The lowest BCUT2D eigenvalue weighted by Crippen LogP contribution is -2.49. The number of amides is 1. The SMILES string of the molecule is CCN1CCN(C(=O)CSCc2cc(=O)n3ccsc3n2)CC1. The Balaban J connectivity index is 1.50. The molecule has 0 radical (unpaired) electrons. The van der Waals surface area contributed by atoms with Crippen molar-refractivity contribution in [2.24, 2.45) is 0 Å². The molecule has 0 saturated carbocycles. The molecule has 0 bridgehead atoms. The van der Waals surface area contributed by atoms with Crippen molar-refractivity contribution in [2.75, 3.05) is 38.5 Å². The predicted molar refractivity (Wildman–Crippen MR) is 94.2 cm³/mol. The predicted octanol–water partition coefficient (Wildman–Crippen LogP) is 1.15. The molecule has 124 valence electrons. The minimum absolute atomic E-state index is 0.0612. The van der Waals surface area contributed by atoms with E-state index in [0.29, 0.717) is 16.5 Å². The molecular weight excluding hydrogens is 332 g/mol. The zero-order chi connectivity index (χ0) is 16.2. The summed E-state index contributed by atoms with van der Waals surface area (Å²) in [6, 6.07) is 1.55. The van der Waals surface area contributed by atoms with Crippen molar-refractivity contribution < 1.29 is 4.79 Å². The molecule has 0 aromatic carbocycles. The van der Waals surface area contributed by atoms with Crippen molar-refractivity contribution in [1.82, 2.24) is 19.2 Å². The van der Waals surface area contributed by atoms with Crippen LogP contribution >= 0.6 is 23.1 Å². The number of fused-ring (bicyclic) bond motifs is 1. The van der Waals surface area contributed by atoms with Crippen molar-refractivity contribution in [2.45, 2.75) is 12.7 Å². The first-order chi connectivity index (χ1) is 11.2. The fourth-order valence-corrected chi connectivity index (χ4v) is 4.16. The first-order valence-corrected chi connectivity index (χ1v) is 9.74. The zero-order valence-corrected chi connectivity index (χ0v) is 14.7. The molecule has 0 spiro atoms. The van der Waals surface area contributed by atoms with Gasteiger partial charge in [0.15, 0.2) is 4.96 Å². The van der Waals surface area contributed by atoms with Crippen molar-refractivity contribution in [3.63, 3.8) is 0 Å². The van der Waals surface area contributed by atoms with Crippen LogP contribution in [-0.2, 0) is 10.5 Å². The highest BCUT2D eigenvalue weighted by molar-refractivity contribution is 7.99. The monoisotopic (exact) mass is 352 g/mol. The second-order valence-corrected chi connectivity index (χ2v) is 7.31. The van der Waals surface area contributed by atoms with Crippen LogP contribution in [0, 0.1) is 0 Å². The molecule has 6 nitrogen and oxygen atoms in total. The number of nitrogens with zero attached hydrogens (tertiary/aromatic N) is 4. The Hall–Kier alpha value is -1.38. The van der Waals surface area contributed by atoms with Gasteiger partial charge in [0.2, 0.25) is 5.91 Å². The Morgan fingerprint density at radius 3 is 2.87 bits per heavy atom. The van der Waals surface area contributed by atoms with Crippen LogP contribution in [0.2, 0.25) is 0 Å². The third-order valence-electron chi connectivity index (χ3n) is 4.00. The van der Waals surface area contributed by atoms with Crippen LogP contribution in [-0.4, -0.2) is 63.6 Å². The molecule has 2 aromatic rings. The fraction of sp³-hybridized carbons (Fsp3) is 0.533. The maximum absolute atomic E-state index is 12.2. The van der Waals surface area contributed by atoms with Gasteiger partial charge in [-0.25, -0.2) is 4.98 Å². The van der Waals surface area contributed by atoms with Gasteiger partial charge in [0, 0.05) is 49.6 Å². The maximum atomic E-state index is 12.2. The second kappa shape index (κ2) is 7.46. The maximum Gasteiger partial charge on any atom is 0.258 e. The topological polar surface area (TPSA) is 57.9 Å². The van der Waals surface area contributed by atoms with Gasteiger partial charge >= 0.3 is 0 Å². The van der Waals surface area contributed by atoms with Gasteiger partial charge < -0.3 is 9.80 Å². The first-order valence-electron chi connectivity index (χ1n) is 7.71. The van der Waals surface area contributed by atoms with Crippen LogP contribution in [0.3, 0.4) is 0 Å². The molecule has 23 heavy (non-hydrogen) atoms. The van der Waals surface area contributed by atoms with E-state index in [4.69, 9.17) is 0 Å². The summed E-state index contributed by atoms with van der Waals surface area (Å²) in [7, 11) is 0. The molecule has 0 atom stereocenters. The lowest BCUT2D eigenvalue weighted by atomic mass is 10.3. The number of likely N-dealkylation sites (N-methyl/N-ethyl adjacent to an activating group) is 1. The third-order valence-corrected chi connectivity index (χ3v) is 5.71. The van der Waals surface area contributed by atoms with Crippen LogP contribution in [0.1, 0.15) is 12.6 Å². The lowest BCUT2D eigenvalue weighted by molar-refractivity contribution is -0.130. The van der Waals surface area contributed by atoms with Gasteiger partial charge in [-0.15, -0.1) is 23.1 Å². The number of carbonyl (C=O) groups is 1. The number of thiazole rings is 1. The molecule has 0 aliphatic carbocycles. The van der Waals surface area contributed by atoms with Gasteiger partial charge in [-0.3, -0.25) is 14.0 Å². The van der Waals surface area contributed by atoms with Crippen molar-refractivity contribution in [3.05, 3.63) is 33.7 Å². The first kappa shape index (κ1) is 16.5. The molecule has 2 aromatic heterocycles. The average molecular weight is 352 g/mol. The standard InChI is InChI=1S/C15H20N4O2S2/c1-2-17-3-5-18(6-4-17)14(21)11-22-10-12-9-13(20)19-7-8-23-15(19)16-12/h7-9H,2-6,10-11H2,1H3. The van der Waals surface area contributed by atoms with Crippen LogP contribution < -0.4 is 5.56 Å². The summed E-state index contributed by atoms with van der Waals surface area (Å²) in [5, 5.41) is 1.85. The molecule has 8 heteroatoms. The number of hydrogen-bond acceptors (Lipinski definition) is 6. The van der Waals surface area contributed by atoms with Gasteiger partial charge in [-0.2, -0.15) is 0 Å². The van der Waals surface area contributed by atoms with Crippen LogP contribution in [0.4, 0.5) is 0 Å². The van der Waals surface area contributed by atoms with Crippen LogP contribution in [0.15, 0.2) is 22.4 Å². The van der Waals surface area contributed by atoms with E-state index in [1.807, 2.05) is 10.3 Å². The van der Waals surface area contributed by atoms with Crippen molar-refractivity contribution in [1.29, 1.82) is 0 Å². The Bertz CT molecular complexity index is 734. The highest BCUT2D eigenvalue weighted by atomic mass is 32.2. The van der Waals surface area contributed by atoms with E-state index in [9.17, 15) is 9.59 Å². The molecule has 1 fully saturated rings. The molecule has 3 heterocycles. The van der Waals surface area contributed by atoms with E-state index >= 15 is 0 Å². The van der Waals surface area contributed by atoms with Gasteiger partial charge in [0.05, 0.1) is 11.4 Å². The summed E-state index contributed by atoms with van der Waals surface area (Å²) in [5.41, 5.74) is 0.680. The normalized spacial score (nSPS) is 16.1. The minimum atomic E-state index is -0.0612. The highest BCUT2D eigenvalue weighted by Gasteiger charge is 2.19. The van der Waals surface area contributed by atoms with Crippen molar-refractivity contribution >= 4 is 34.0 Å². The van der Waals surface area contributed by atoms with Gasteiger partial charge in [-0.05, 0) is 6.54 Å². The molecule has 0 N–H and O–H groups in total. The Kier molecular flexibility index (Phi) is 5.34. The molecule has 1 amide bonds. The van der Waals surface area contributed by atoms with E-state index < -0.39 is 0 Å². The van der Waals surface area contributed by atoms with Gasteiger partial charge in [0.1, 0.15) is 0 Å². The van der Waals surface area contributed by atoms with Gasteiger partial charge in [-0.1, -0.05) is 6.92 Å². The fourth-order valence-electron chi connectivity index (χ4n) is 2.61. The van der Waals surface area contributed by atoms with Crippen LogP contribution in [0.5, 0.6) is 0 Å². The zero-order valence-electron chi connectivity index (χ0n) is 13.1. The molecule has 0 unspecified atom stereocenters. The number of piperazine rings is 1. The van der Waals surface area contributed by atoms with E-state index in [1.165, 1.54) is 27.5 Å². The largest absolute Gasteiger partial charge is 0.339 e. The molecule has 3 rings (SSSR count). The summed E-state index contributed by atoms with van der Waals surface area (Å²) in [6.07, 6.45) is 1.73. The van der Waals surface area contributed by atoms with Gasteiger partial charge in [0.25, 0.3) is 5.56 Å². The van der Waals surface area contributed by atoms with E-state index in [1.54, 1.807) is 12.3 Å². The summed E-state index contributed by atoms with van der Waals surface area (Å²) in [6.45, 7) is 6.74. The highest BCUT2D eigenvalue weighted by Crippen LogP contribution is 2.13. The number of carbonyl (C=O) groups excluding carboxylic acids is 1. The molecule has 1 saturated heterocycles. The smallest absolute Gasteiger partial charge is 0.258 e. The van der Waals surface area contributed by atoms with E-state index in [0.717, 1.165) is 38.4 Å². The number of hydrogen-bond donors (Lipinski definition) is 0. The summed E-state index contributed by atoms with van der Waals surface area (Å²) < 4.78 is 1.54. The quantitative estimate of drug-likeness (QED) is 0.808. The summed E-state index contributed by atoms with van der Waals surface area (Å²) in [5.74, 6) is 1.21. The summed E-state index contributed by atoms with van der Waals surface area (Å²) >= 11 is 2.97. The number of thioether (sulfide) groups is 1. The van der Waals surface area contributed by atoms with Crippen LogP contribution in [0.25, 0.3) is 4.96 Å². The van der Waals surface area contributed by atoms with E-state index in [2.05, 4.69) is 16.8 Å². The minimum Gasteiger partial charge on any atom is -0.339 e. The molecule has 1 aliphatic heterocycles. The van der Waals surface area contributed by atoms with E-state index in [-0.39, 0.29) is 11.5 Å². The average Bonchev–Trinajstić information content (AvgIpc) is 3.04. The number of aromatic nitrogens is 2. The number of rotatable bonds is 5.